The molecule has 2 atom stereocenters. The van der Waals surface area contributed by atoms with Gasteiger partial charge < -0.3 is 15.5 Å². The van der Waals surface area contributed by atoms with E-state index in [1.54, 1.807) is 0 Å². The van der Waals surface area contributed by atoms with Crippen molar-refractivity contribution in [2.75, 3.05) is 6.61 Å². The average Bonchev–Trinajstić information content (AvgIpc) is 2.90. The molecule has 0 aliphatic rings. The Bertz CT molecular complexity index is 457. The predicted molar refractivity (Wildman–Crippen MR) is 161 cm³/mol. The third kappa shape index (κ3) is 26.8. The maximum absolute atomic E-state index is 12.0. The maximum Gasteiger partial charge on any atom is 0.220 e. The van der Waals surface area contributed by atoms with Gasteiger partial charge >= 0.3 is 0 Å². The van der Waals surface area contributed by atoms with Crippen molar-refractivity contribution >= 4 is 5.91 Å². The summed E-state index contributed by atoms with van der Waals surface area (Å²) in [5, 5.41) is 22.7. The molecule has 0 fully saturated rings. The number of amides is 1. The number of hydrogen-bond acceptors (Lipinski definition) is 3. The smallest absolute Gasteiger partial charge is 0.220 e. The van der Waals surface area contributed by atoms with Crippen LogP contribution in [0.15, 0.2) is 0 Å². The molecule has 0 radical (unpaired) electrons. The van der Waals surface area contributed by atoms with E-state index in [0.717, 1.165) is 38.5 Å². The van der Waals surface area contributed by atoms with Crippen LogP contribution in [0.3, 0.4) is 0 Å². The molecule has 0 spiro atoms. The SMILES string of the molecule is CCCCCCCCCCCCCCCCCCCCCCCC(O)C(CO)NC(=O)CCCCCC. The molecule has 1 amide bonds. The highest BCUT2D eigenvalue weighted by atomic mass is 16.3. The van der Waals surface area contributed by atoms with E-state index in [1.807, 2.05) is 0 Å². The molecular formula is C33H67NO3. The van der Waals surface area contributed by atoms with Gasteiger partial charge in [0.1, 0.15) is 0 Å². The van der Waals surface area contributed by atoms with Gasteiger partial charge in [0.05, 0.1) is 18.8 Å². The van der Waals surface area contributed by atoms with Crippen LogP contribution in [0.1, 0.15) is 187 Å². The molecule has 4 heteroatoms. The van der Waals surface area contributed by atoms with Crippen molar-refractivity contribution in [1.29, 1.82) is 0 Å². The zero-order valence-corrected chi connectivity index (χ0v) is 25.3. The van der Waals surface area contributed by atoms with Crippen molar-refractivity contribution < 1.29 is 15.0 Å². The van der Waals surface area contributed by atoms with Gasteiger partial charge in [0.15, 0.2) is 0 Å². The molecule has 0 aromatic carbocycles. The minimum absolute atomic E-state index is 0.0481. The van der Waals surface area contributed by atoms with Gasteiger partial charge in [-0.2, -0.15) is 0 Å². The first-order valence-electron chi connectivity index (χ1n) is 16.7. The van der Waals surface area contributed by atoms with Crippen molar-refractivity contribution in [3.8, 4) is 0 Å². The van der Waals surface area contributed by atoms with E-state index in [-0.39, 0.29) is 12.5 Å². The number of carbonyl (C=O) groups excluding carboxylic acids is 1. The first-order valence-corrected chi connectivity index (χ1v) is 16.7. The highest BCUT2D eigenvalue weighted by molar-refractivity contribution is 5.76. The van der Waals surface area contributed by atoms with Gasteiger partial charge in [0.2, 0.25) is 5.91 Å². The molecule has 2 unspecified atom stereocenters. The van der Waals surface area contributed by atoms with E-state index in [0.29, 0.717) is 12.8 Å². The monoisotopic (exact) mass is 526 g/mol. The predicted octanol–water partition coefficient (Wildman–Crippen LogP) is 9.40. The largest absolute Gasteiger partial charge is 0.394 e. The Balaban J connectivity index is 3.38. The Kier molecular flexibility index (Phi) is 29.4. The molecule has 3 N–H and O–H groups in total. The number of nitrogens with one attached hydrogen (secondary N) is 1. The number of carbonyl (C=O) groups is 1. The highest BCUT2D eigenvalue weighted by Crippen LogP contribution is 2.16. The van der Waals surface area contributed by atoms with Gasteiger partial charge in [0, 0.05) is 6.42 Å². The summed E-state index contributed by atoms with van der Waals surface area (Å²) >= 11 is 0. The molecule has 0 heterocycles. The zero-order valence-electron chi connectivity index (χ0n) is 25.3. The molecule has 0 saturated carbocycles. The summed E-state index contributed by atoms with van der Waals surface area (Å²) < 4.78 is 0. The van der Waals surface area contributed by atoms with E-state index in [4.69, 9.17) is 0 Å². The van der Waals surface area contributed by atoms with Crippen LogP contribution in [0, 0.1) is 0 Å². The summed E-state index contributed by atoms with van der Waals surface area (Å²) in [5.74, 6) is -0.0481. The molecular weight excluding hydrogens is 458 g/mol. The Morgan fingerprint density at radius 2 is 0.865 bits per heavy atom. The van der Waals surface area contributed by atoms with Gasteiger partial charge in [-0.1, -0.05) is 168 Å². The van der Waals surface area contributed by atoms with E-state index < -0.39 is 12.1 Å². The van der Waals surface area contributed by atoms with E-state index in [2.05, 4.69) is 19.2 Å². The van der Waals surface area contributed by atoms with Gasteiger partial charge in [0.25, 0.3) is 0 Å². The van der Waals surface area contributed by atoms with Crippen molar-refractivity contribution in [2.24, 2.45) is 0 Å². The van der Waals surface area contributed by atoms with Crippen LogP contribution >= 0.6 is 0 Å². The summed E-state index contributed by atoms with van der Waals surface area (Å²) in [5.41, 5.74) is 0. The fraction of sp³-hybridized carbons (Fsp3) is 0.970. The van der Waals surface area contributed by atoms with E-state index >= 15 is 0 Å². The summed E-state index contributed by atoms with van der Waals surface area (Å²) in [6.45, 7) is 4.25. The van der Waals surface area contributed by atoms with Crippen LogP contribution in [0.25, 0.3) is 0 Å². The Hall–Kier alpha value is -0.610. The first-order chi connectivity index (χ1) is 18.2. The summed E-state index contributed by atoms with van der Waals surface area (Å²) in [6.07, 6.45) is 33.4. The molecule has 0 bridgehead atoms. The standard InChI is InChI=1S/C33H67NO3/c1-3-5-7-9-10-11-12-13-14-15-16-17-18-19-20-21-22-23-24-25-26-28-32(36)31(30-35)34-33(37)29-27-8-6-4-2/h31-32,35-36H,3-30H2,1-2H3,(H,34,37). The van der Waals surface area contributed by atoms with Crippen LogP contribution in [0.2, 0.25) is 0 Å². The minimum atomic E-state index is -0.648. The Labute approximate surface area is 232 Å². The Morgan fingerprint density at radius 3 is 1.22 bits per heavy atom. The lowest BCUT2D eigenvalue weighted by atomic mass is 10.0. The third-order valence-corrected chi connectivity index (χ3v) is 7.87. The molecule has 0 rings (SSSR count). The number of hydrogen-bond donors (Lipinski definition) is 3. The fourth-order valence-corrected chi connectivity index (χ4v) is 5.24. The molecule has 0 aromatic rings. The zero-order chi connectivity index (χ0) is 27.2. The quantitative estimate of drug-likeness (QED) is 0.0818. The molecule has 4 nitrogen and oxygen atoms in total. The van der Waals surface area contributed by atoms with Crippen LogP contribution in [-0.2, 0) is 4.79 Å². The number of unbranched alkanes of at least 4 members (excludes halogenated alkanes) is 23. The fourth-order valence-electron chi connectivity index (χ4n) is 5.24. The van der Waals surface area contributed by atoms with Crippen molar-refractivity contribution in [1.82, 2.24) is 5.32 Å². The second-order valence-electron chi connectivity index (χ2n) is 11.6. The maximum atomic E-state index is 12.0. The molecule has 37 heavy (non-hydrogen) atoms. The lowest BCUT2D eigenvalue weighted by Crippen LogP contribution is -2.45. The highest BCUT2D eigenvalue weighted by Gasteiger charge is 2.19. The van der Waals surface area contributed by atoms with Crippen molar-refractivity contribution in [2.45, 2.75) is 199 Å². The summed E-state index contributed by atoms with van der Waals surface area (Å²) in [6, 6.07) is -0.524. The van der Waals surface area contributed by atoms with Crippen LogP contribution in [-0.4, -0.2) is 34.9 Å². The van der Waals surface area contributed by atoms with E-state index in [1.165, 1.54) is 122 Å². The third-order valence-electron chi connectivity index (χ3n) is 7.87. The number of aliphatic hydroxyl groups is 2. The van der Waals surface area contributed by atoms with Crippen LogP contribution in [0.4, 0.5) is 0 Å². The van der Waals surface area contributed by atoms with E-state index in [9.17, 15) is 15.0 Å². The topological polar surface area (TPSA) is 69.6 Å². The van der Waals surface area contributed by atoms with Crippen LogP contribution < -0.4 is 5.32 Å². The normalized spacial score (nSPS) is 13.1. The van der Waals surface area contributed by atoms with Crippen molar-refractivity contribution in [3.63, 3.8) is 0 Å². The molecule has 0 aromatic heterocycles. The number of aliphatic hydroxyl groups excluding tert-OH is 2. The average molecular weight is 526 g/mol. The first kappa shape index (κ1) is 36.4. The second kappa shape index (κ2) is 29.9. The number of rotatable bonds is 30. The van der Waals surface area contributed by atoms with Gasteiger partial charge in [-0.25, -0.2) is 0 Å². The molecule has 0 aliphatic heterocycles. The molecule has 222 valence electrons. The lowest BCUT2D eigenvalue weighted by Gasteiger charge is -2.22. The van der Waals surface area contributed by atoms with Crippen molar-refractivity contribution in [3.05, 3.63) is 0 Å². The Morgan fingerprint density at radius 1 is 0.541 bits per heavy atom. The molecule has 0 aliphatic carbocycles. The van der Waals surface area contributed by atoms with Gasteiger partial charge in [-0.05, 0) is 12.8 Å². The second-order valence-corrected chi connectivity index (χ2v) is 11.6. The van der Waals surface area contributed by atoms with Gasteiger partial charge in [-0.15, -0.1) is 0 Å². The molecule has 0 saturated heterocycles. The minimum Gasteiger partial charge on any atom is -0.394 e. The van der Waals surface area contributed by atoms with Crippen LogP contribution in [0.5, 0.6) is 0 Å². The lowest BCUT2D eigenvalue weighted by molar-refractivity contribution is -0.123. The summed E-state index contributed by atoms with van der Waals surface area (Å²) in [7, 11) is 0. The summed E-state index contributed by atoms with van der Waals surface area (Å²) in [4.78, 5) is 12.0. The van der Waals surface area contributed by atoms with Gasteiger partial charge in [-0.3, -0.25) is 4.79 Å².